The summed E-state index contributed by atoms with van der Waals surface area (Å²) in [5.74, 6) is 1.82. The van der Waals surface area contributed by atoms with Gasteiger partial charge in [-0.1, -0.05) is 48.5 Å². The lowest BCUT2D eigenvalue weighted by Crippen LogP contribution is -2.28. The van der Waals surface area contributed by atoms with Crippen molar-refractivity contribution >= 4 is 0 Å². The van der Waals surface area contributed by atoms with Gasteiger partial charge in [0.1, 0.15) is 12.4 Å². The molecule has 2 heteroatoms. The summed E-state index contributed by atoms with van der Waals surface area (Å²) in [5.41, 5.74) is 2.70. The van der Waals surface area contributed by atoms with Gasteiger partial charge in [0.15, 0.2) is 0 Å². The number of hydrogen-bond acceptors (Lipinski definition) is 2. The third-order valence-corrected chi connectivity index (χ3v) is 4.33. The first kappa shape index (κ1) is 12.0. The van der Waals surface area contributed by atoms with E-state index in [0.717, 1.165) is 18.3 Å². The topological polar surface area (TPSA) is 21.3 Å². The number of nitrogens with one attached hydrogen (secondary N) is 1. The zero-order valence-corrected chi connectivity index (χ0v) is 11.5. The lowest BCUT2D eigenvalue weighted by Gasteiger charge is -2.23. The third-order valence-electron chi connectivity index (χ3n) is 4.33. The lowest BCUT2D eigenvalue weighted by molar-refractivity contribution is 0.291. The Morgan fingerprint density at radius 1 is 0.950 bits per heavy atom. The minimum absolute atomic E-state index is 0.317. The monoisotopic (exact) mass is 265 g/mol. The van der Waals surface area contributed by atoms with Crippen LogP contribution in [0, 0.1) is 5.92 Å². The highest BCUT2D eigenvalue weighted by Gasteiger charge is 2.35. The molecule has 20 heavy (non-hydrogen) atoms. The van der Waals surface area contributed by atoms with E-state index in [1.54, 1.807) is 0 Å². The van der Waals surface area contributed by atoms with Gasteiger partial charge < -0.3 is 4.74 Å². The van der Waals surface area contributed by atoms with Gasteiger partial charge in [-0.2, -0.15) is 0 Å². The highest BCUT2D eigenvalue weighted by Crippen LogP contribution is 2.43. The lowest BCUT2D eigenvalue weighted by atomic mass is 9.99. The first-order valence-corrected chi connectivity index (χ1v) is 7.44. The van der Waals surface area contributed by atoms with Crippen molar-refractivity contribution in [1.82, 2.24) is 5.32 Å². The molecule has 2 atom stereocenters. The maximum absolute atomic E-state index is 5.79. The summed E-state index contributed by atoms with van der Waals surface area (Å²) in [6.45, 7) is 0.745. The predicted molar refractivity (Wildman–Crippen MR) is 79.7 cm³/mol. The molecule has 1 heterocycles. The van der Waals surface area contributed by atoms with Gasteiger partial charge in [-0.3, -0.25) is 5.32 Å². The summed E-state index contributed by atoms with van der Waals surface area (Å²) in [5, 5.41) is 3.83. The van der Waals surface area contributed by atoms with E-state index in [-0.39, 0.29) is 0 Å². The van der Waals surface area contributed by atoms with Crippen LogP contribution in [0.5, 0.6) is 5.75 Å². The molecule has 2 aromatic carbocycles. The maximum atomic E-state index is 5.79. The Bertz CT molecular complexity index is 591. The summed E-state index contributed by atoms with van der Waals surface area (Å²) in [6, 6.07) is 20.0. The molecule has 0 saturated heterocycles. The van der Waals surface area contributed by atoms with Crippen molar-refractivity contribution in [2.24, 2.45) is 5.92 Å². The molecule has 2 aliphatic rings. The molecule has 0 bridgehead atoms. The molecule has 1 N–H and O–H groups in total. The van der Waals surface area contributed by atoms with Crippen molar-refractivity contribution in [2.75, 3.05) is 6.61 Å². The van der Waals surface area contributed by atoms with Gasteiger partial charge in [0, 0.05) is 11.6 Å². The Balaban J connectivity index is 1.58. The Labute approximate surface area is 119 Å². The van der Waals surface area contributed by atoms with Gasteiger partial charge in [-0.15, -0.1) is 0 Å². The van der Waals surface area contributed by atoms with Crippen molar-refractivity contribution in [3.05, 3.63) is 65.7 Å². The molecule has 1 saturated carbocycles. The third kappa shape index (κ3) is 2.20. The van der Waals surface area contributed by atoms with Crippen LogP contribution in [0.1, 0.15) is 36.1 Å². The van der Waals surface area contributed by atoms with Crippen LogP contribution in [0.4, 0.5) is 0 Å². The Hall–Kier alpha value is -1.80. The highest BCUT2D eigenvalue weighted by molar-refractivity contribution is 5.39. The first-order valence-electron chi connectivity index (χ1n) is 7.44. The largest absolute Gasteiger partial charge is 0.491 e. The SMILES string of the molecule is c1ccc(C(NC2COc3ccccc32)C2CC2)cc1. The number of para-hydroxylation sites is 1. The molecule has 2 unspecified atom stereocenters. The van der Waals surface area contributed by atoms with Gasteiger partial charge in [-0.25, -0.2) is 0 Å². The summed E-state index contributed by atoms with van der Waals surface area (Å²) in [6.07, 6.45) is 2.67. The summed E-state index contributed by atoms with van der Waals surface area (Å²) in [4.78, 5) is 0. The van der Waals surface area contributed by atoms with Crippen LogP contribution in [0.3, 0.4) is 0 Å². The van der Waals surface area contributed by atoms with Crippen molar-refractivity contribution in [2.45, 2.75) is 24.9 Å². The van der Waals surface area contributed by atoms with E-state index < -0.39 is 0 Å². The molecule has 0 amide bonds. The molecule has 4 rings (SSSR count). The first-order chi connectivity index (χ1) is 9.92. The predicted octanol–water partition coefficient (Wildman–Crippen LogP) is 3.86. The van der Waals surface area contributed by atoms with E-state index in [2.05, 4.69) is 53.8 Å². The van der Waals surface area contributed by atoms with E-state index >= 15 is 0 Å². The molecule has 102 valence electrons. The van der Waals surface area contributed by atoms with Crippen molar-refractivity contribution in [3.63, 3.8) is 0 Å². The summed E-state index contributed by atoms with van der Waals surface area (Å²) in [7, 11) is 0. The van der Waals surface area contributed by atoms with Crippen LogP contribution in [0.15, 0.2) is 54.6 Å². The van der Waals surface area contributed by atoms with Crippen LogP contribution in [0.2, 0.25) is 0 Å². The van der Waals surface area contributed by atoms with E-state index in [4.69, 9.17) is 4.74 Å². The summed E-state index contributed by atoms with van der Waals surface area (Å²) >= 11 is 0. The Morgan fingerprint density at radius 3 is 2.50 bits per heavy atom. The molecule has 0 spiro atoms. The quantitative estimate of drug-likeness (QED) is 0.906. The number of ether oxygens (including phenoxy) is 1. The molecular weight excluding hydrogens is 246 g/mol. The second-order valence-corrected chi connectivity index (χ2v) is 5.79. The fraction of sp³-hybridized carbons (Fsp3) is 0.333. The standard InChI is InChI=1S/C18H19NO/c1-2-6-13(7-3-1)18(14-10-11-14)19-16-12-20-17-9-5-4-8-15(16)17/h1-9,14,16,18-19H,10-12H2. The number of fused-ring (bicyclic) bond motifs is 1. The van der Waals surface area contributed by atoms with Gasteiger partial charge in [0.25, 0.3) is 0 Å². The van der Waals surface area contributed by atoms with E-state index in [9.17, 15) is 0 Å². The fourth-order valence-corrected chi connectivity index (χ4v) is 3.11. The molecule has 0 aromatic heterocycles. The molecule has 2 aromatic rings. The van der Waals surface area contributed by atoms with E-state index in [0.29, 0.717) is 12.1 Å². The number of benzene rings is 2. The maximum Gasteiger partial charge on any atom is 0.124 e. The zero-order valence-electron chi connectivity index (χ0n) is 11.5. The minimum Gasteiger partial charge on any atom is -0.491 e. The number of hydrogen-bond donors (Lipinski definition) is 1. The Kier molecular flexibility index (Phi) is 2.96. The van der Waals surface area contributed by atoms with Crippen molar-refractivity contribution in [3.8, 4) is 5.75 Å². The van der Waals surface area contributed by atoms with Crippen molar-refractivity contribution < 1.29 is 4.74 Å². The highest BCUT2D eigenvalue weighted by atomic mass is 16.5. The molecule has 0 radical (unpaired) electrons. The van der Waals surface area contributed by atoms with Gasteiger partial charge in [0.05, 0.1) is 6.04 Å². The van der Waals surface area contributed by atoms with Gasteiger partial charge >= 0.3 is 0 Å². The zero-order chi connectivity index (χ0) is 13.4. The molecule has 2 nitrogen and oxygen atoms in total. The van der Waals surface area contributed by atoms with Crippen LogP contribution >= 0.6 is 0 Å². The van der Waals surface area contributed by atoms with E-state index in [1.165, 1.54) is 24.0 Å². The molecular formula is C18H19NO. The Morgan fingerprint density at radius 2 is 1.70 bits per heavy atom. The minimum atomic E-state index is 0.317. The fourth-order valence-electron chi connectivity index (χ4n) is 3.11. The number of rotatable bonds is 4. The van der Waals surface area contributed by atoms with Gasteiger partial charge in [0.2, 0.25) is 0 Å². The van der Waals surface area contributed by atoms with E-state index in [1.807, 2.05) is 6.07 Å². The average molecular weight is 265 g/mol. The normalized spacial score (nSPS) is 22.1. The average Bonchev–Trinajstić information content (AvgIpc) is 3.27. The van der Waals surface area contributed by atoms with Crippen LogP contribution in [-0.2, 0) is 0 Å². The molecule has 1 aliphatic carbocycles. The second-order valence-electron chi connectivity index (χ2n) is 5.79. The van der Waals surface area contributed by atoms with Gasteiger partial charge in [-0.05, 0) is 30.4 Å². The molecule has 1 fully saturated rings. The second kappa shape index (κ2) is 4.95. The van der Waals surface area contributed by atoms with Crippen LogP contribution in [0.25, 0.3) is 0 Å². The molecule has 1 aliphatic heterocycles. The smallest absolute Gasteiger partial charge is 0.124 e. The summed E-state index contributed by atoms with van der Waals surface area (Å²) < 4.78 is 5.79. The van der Waals surface area contributed by atoms with Crippen molar-refractivity contribution in [1.29, 1.82) is 0 Å². The van der Waals surface area contributed by atoms with Crippen LogP contribution < -0.4 is 10.1 Å². The van der Waals surface area contributed by atoms with Crippen LogP contribution in [-0.4, -0.2) is 6.61 Å².